The Hall–Kier alpha value is -2.77. The van der Waals surface area contributed by atoms with Crippen molar-refractivity contribution in [1.29, 1.82) is 0 Å². The molecule has 2 aromatic rings. The van der Waals surface area contributed by atoms with E-state index in [1.807, 2.05) is 18.5 Å². The molecule has 1 aromatic heterocycles. The Balaban J connectivity index is 0.000000380. The number of carboxylic acid groups (broad SMARTS) is 2. The predicted molar refractivity (Wildman–Crippen MR) is 101 cm³/mol. The summed E-state index contributed by atoms with van der Waals surface area (Å²) in [5.74, 6) is -3.65. The molecule has 0 unspecified atom stereocenters. The second-order valence-corrected chi connectivity index (χ2v) is 6.45. The molecule has 3 rings (SSSR count). The summed E-state index contributed by atoms with van der Waals surface area (Å²) in [6.07, 6.45) is 3.81. The van der Waals surface area contributed by atoms with Gasteiger partial charge in [0.25, 0.3) is 0 Å². The molecule has 1 aliphatic rings. The summed E-state index contributed by atoms with van der Waals surface area (Å²) in [5.41, 5.74) is 4.17. The van der Waals surface area contributed by atoms with Gasteiger partial charge in [-0.15, -0.1) is 0 Å². The van der Waals surface area contributed by atoms with Gasteiger partial charge in [0.05, 0.1) is 0 Å². The minimum atomic E-state index is -1.82. The number of aromatic nitrogens is 1. The van der Waals surface area contributed by atoms with Gasteiger partial charge in [-0.2, -0.15) is 0 Å². The van der Waals surface area contributed by atoms with Crippen molar-refractivity contribution in [1.82, 2.24) is 14.8 Å². The summed E-state index contributed by atoms with van der Waals surface area (Å²) in [5, 5.41) is 14.8. The van der Waals surface area contributed by atoms with Crippen LogP contribution in [0.2, 0.25) is 0 Å². The van der Waals surface area contributed by atoms with Crippen LogP contribution in [0.15, 0.2) is 48.8 Å². The summed E-state index contributed by atoms with van der Waals surface area (Å²) in [7, 11) is 0. The van der Waals surface area contributed by atoms with Crippen molar-refractivity contribution in [3.8, 4) is 0 Å². The van der Waals surface area contributed by atoms with Crippen LogP contribution in [0, 0.1) is 6.92 Å². The van der Waals surface area contributed by atoms with Crippen molar-refractivity contribution in [2.24, 2.45) is 0 Å². The molecule has 0 atom stereocenters. The summed E-state index contributed by atoms with van der Waals surface area (Å²) in [4.78, 5) is 27.5. The third-order valence-corrected chi connectivity index (χ3v) is 4.43. The minimum Gasteiger partial charge on any atom is -0.473 e. The van der Waals surface area contributed by atoms with E-state index in [1.54, 1.807) is 0 Å². The third kappa shape index (κ3) is 7.16. The fraction of sp³-hybridized carbons (Fsp3) is 0.350. The van der Waals surface area contributed by atoms with E-state index in [4.69, 9.17) is 19.8 Å². The molecular formula is C20H25N3O4. The molecule has 0 bridgehead atoms. The van der Waals surface area contributed by atoms with Gasteiger partial charge in [0.2, 0.25) is 0 Å². The van der Waals surface area contributed by atoms with E-state index in [0.29, 0.717) is 0 Å². The van der Waals surface area contributed by atoms with Crippen molar-refractivity contribution >= 4 is 11.9 Å². The number of piperazine rings is 1. The van der Waals surface area contributed by atoms with Crippen molar-refractivity contribution in [3.63, 3.8) is 0 Å². The SMILES string of the molecule is Cc1ccccc1CN1CCN(Cc2cccnc2)CC1.O=C(O)C(=O)O. The van der Waals surface area contributed by atoms with Crippen LogP contribution in [0.3, 0.4) is 0 Å². The van der Waals surface area contributed by atoms with Crippen LogP contribution >= 0.6 is 0 Å². The van der Waals surface area contributed by atoms with Gasteiger partial charge >= 0.3 is 11.9 Å². The number of carboxylic acids is 2. The Kier molecular flexibility index (Phi) is 7.91. The smallest absolute Gasteiger partial charge is 0.414 e. The topological polar surface area (TPSA) is 94.0 Å². The molecule has 1 aliphatic heterocycles. The molecule has 1 aromatic carbocycles. The van der Waals surface area contributed by atoms with Crippen LogP contribution in [0.1, 0.15) is 16.7 Å². The lowest BCUT2D eigenvalue weighted by molar-refractivity contribution is -0.159. The zero-order valence-electron chi connectivity index (χ0n) is 15.4. The van der Waals surface area contributed by atoms with Crippen LogP contribution < -0.4 is 0 Å². The van der Waals surface area contributed by atoms with E-state index >= 15 is 0 Å². The van der Waals surface area contributed by atoms with E-state index in [-0.39, 0.29) is 0 Å². The predicted octanol–water partition coefficient (Wildman–Crippen LogP) is 1.86. The number of nitrogens with zero attached hydrogens (tertiary/aromatic N) is 3. The lowest BCUT2D eigenvalue weighted by atomic mass is 10.1. The molecule has 2 heterocycles. The average molecular weight is 371 g/mol. The molecule has 1 saturated heterocycles. The summed E-state index contributed by atoms with van der Waals surface area (Å²) < 4.78 is 0. The molecule has 27 heavy (non-hydrogen) atoms. The fourth-order valence-corrected chi connectivity index (χ4v) is 2.88. The molecule has 7 heteroatoms. The molecule has 0 saturated carbocycles. The minimum absolute atomic E-state index is 1.02. The number of pyridine rings is 1. The highest BCUT2D eigenvalue weighted by molar-refractivity contribution is 6.27. The third-order valence-electron chi connectivity index (χ3n) is 4.43. The Morgan fingerprint density at radius 3 is 2.04 bits per heavy atom. The molecule has 0 amide bonds. The maximum absolute atomic E-state index is 9.10. The second kappa shape index (κ2) is 10.4. The zero-order chi connectivity index (χ0) is 19.6. The van der Waals surface area contributed by atoms with Gasteiger partial charge in [-0.3, -0.25) is 14.8 Å². The zero-order valence-corrected chi connectivity index (χ0v) is 15.4. The molecule has 0 aliphatic carbocycles. The van der Waals surface area contributed by atoms with Crippen molar-refractivity contribution < 1.29 is 19.8 Å². The number of benzene rings is 1. The highest BCUT2D eigenvalue weighted by atomic mass is 16.4. The van der Waals surface area contributed by atoms with Crippen LogP contribution in [0.4, 0.5) is 0 Å². The maximum atomic E-state index is 9.10. The summed E-state index contributed by atoms with van der Waals surface area (Å²) in [6, 6.07) is 12.9. The van der Waals surface area contributed by atoms with Crippen molar-refractivity contribution in [3.05, 3.63) is 65.5 Å². The molecule has 7 nitrogen and oxygen atoms in total. The maximum Gasteiger partial charge on any atom is 0.414 e. The first-order valence-electron chi connectivity index (χ1n) is 8.80. The standard InChI is InChI=1S/C18H23N3.C2H2O4/c1-16-5-2-3-7-18(16)15-21-11-9-20(10-12-21)14-17-6-4-8-19-13-17;3-1(4)2(5)6/h2-8,13H,9-12,14-15H2,1H3;(H,3,4)(H,5,6). The Morgan fingerprint density at radius 2 is 1.52 bits per heavy atom. The van der Waals surface area contributed by atoms with E-state index in [9.17, 15) is 0 Å². The van der Waals surface area contributed by atoms with Gasteiger partial charge in [0.15, 0.2) is 0 Å². The fourth-order valence-electron chi connectivity index (χ4n) is 2.88. The number of carbonyl (C=O) groups is 2. The monoisotopic (exact) mass is 371 g/mol. The number of hydrogen-bond donors (Lipinski definition) is 2. The molecule has 0 radical (unpaired) electrons. The van der Waals surface area contributed by atoms with Gasteiger partial charge in [-0.25, -0.2) is 9.59 Å². The van der Waals surface area contributed by atoms with E-state index < -0.39 is 11.9 Å². The Bertz CT molecular complexity index is 732. The summed E-state index contributed by atoms with van der Waals surface area (Å²) >= 11 is 0. The van der Waals surface area contributed by atoms with E-state index in [0.717, 1.165) is 39.3 Å². The number of hydrogen-bond acceptors (Lipinski definition) is 5. The van der Waals surface area contributed by atoms with Crippen molar-refractivity contribution in [2.45, 2.75) is 20.0 Å². The molecule has 1 fully saturated rings. The van der Waals surface area contributed by atoms with Gasteiger partial charge in [-0.05, 0) is 29.7 Å². The first kappa shape index (κ1) is 20.5. The van der Waals surface area contributed by atoms with E-state index in [2.05, 4.69) is 52.0 Å². The van der Waals surface area contributed by atoms with Crippen LogP contribution in [-0.4, -0.2) is 63.1 Å². The Morgan fingerprint density at radius 1 is 0.926 bits per heavy atom. The highest BCUT2D eigenvalue weighted by Gasteiger charge is 2.17. The van der Waals surface area contributed by atoms with Gasteiger partial charge in [0.1, 0.15) is 0 Å². The average Bonchev–Trinajstić information content (AvgIpc) is 2.66. The number of rotatable bonds is 4. The molecular weight excluding hydrogens is 346 g/mol. The Labute approximate surface area is 158 Å². The lowest BCUT2D eigenvalue weighted by Crippen LogP contribution is -2.45. The van der Waals surface area contributed by atoms with Gasteiger partial charge in [-0.1, -0.05) is 30.3 Å². The lowest BCUT2D eigenvalue weighted by Gasteiger charge is -2.35. The number of aryl methyl sites for hydroxylation is 1. The first-order chi connectivity index (χ1) is 13.0. The summed E-state index contributed by atoms with van der Waals surface area (Å²) in [6.45, 7) is 8.87. The van der Waals surface area contributed by atoms with Crippen LogP contribution in [-0.2, 0) is 22.7 Å². The second-order valence-electron chi connectivity index (χ2n) is 6.45. The van der Waals surface area contributed by atoms with Gasteiger partial charge in [0, 0.05) is 51.7 Å². The van der Waals surface area contributed by atoms with Crippen LogP contribution in [0.25, 0.3) is 0 Å². The largest absolute Gasteiger partial charge is 0.473 e. The first-order valence-corrected chi connectivity index (χ1v) is 8.80. The van der Waals surface area contributed by atoms with Crippen LogP contribution in [0.5, 0.6) is 0 Å². The molecule has 144 valence electrons. The highest BCUT2D eigenvalue weighted by Crippen LogP contribution is 2.13. The normalized spacial score (nSPS) is 14.9. The van der Waals surface area contributed by atoms with E-state index in [1.165, 1.54) is 16.7 Å². The van der Waals surface area contributed by atoms with Crippen molar-refractivity contribution in [2.75, 3.05) is 26.2 Å². The molecule has 2 N–H and O–H groups in total. The number of aliphatic carboxylic acids is 2. The quantitative estimate of drug-likeness (QED) is 0.792. The van der Waals surface area contributed by atoms with Gasteiger partial charge < -0.3 is 10.2 Å². The molecule has 0 spiro atoms.